The predicted octanol–water partition coefficient (Wildman–Crippen LogP) is 4.18. The van der Waals surface area contributed by atoms with Crippen molar-refractivity contribution in [3.05, 3.63) is 35.9 Å². The van der Waals surface area contributed by atoms with Crippen LogP contribution in [0.2, 0.25) is 0 Å². The molecule has 1 N–H and O–H groups in total. The molecule has 1 aromatic rings. The van der Waals surface area contributed by atoms with E-state index in [0.717, 1.165) is 38.5 Å². The SMILES string of the molecule is O=C(CCCCCCCCc1ccccc1)NCC(=O)OCC(F)(F)F. The lowest BCUT2D eigenvalue weighted by atomic mass is 10.0. The molecule has 0 aromatic heterocycles. The van der Waals surface area contributed by atoms with Crippen LogP contribution in [0.5, 0.6) is 0 Å². The number of nitrogens with one attached hydrogen (secondary N) is 1. The number of amides is 1. The fourth-order valence-corrected chi connectivity index (χ4v) is 2.44. The molecule has 1 amide bonds. The number of alkyl halides is 3. The van der Waals surface area contributed by atoms with Crippen molar-refractivity contribution in [2.45, 2.75) is 57.5 Å². The number of ether oxygens (including phenoxy) is 1. The van der Waals surface area contributed by atoms with Crippen LogP contribution < -0.4 is 5.32 Å². The van der Waals surface area contributed by atoms with E-state index in [1.165, 1.54) is 5.56 Å². The first-order valence-corrected chi connectivity index (χ1v) is 8.90. The Hall–Kier alpha value is -2.05. The highest BCUT2D eigenvalue weighted by molar-refractivity contribution is 5.81. The number of hydrogen-bond acceptors (Lipinski definition) is 3. The highest BCUT2D eigenvalue weighted by Gasteiger charge is 2.29. The number of benzene rings is 1. The molecule has 0 bridgehead atoms. The monoisotopic (exact) mass is 373 g/mol. The van der Waals surface area contributed by atoms with E-state index in [1.54, 1.807) is 0 Å². The van der Waals surface area contributed by atoms with Crippen LogP contribution in [0.3, 0.4) is 0 Å². The summed E-state index contributed by atoms with van der Waals surface area (Å²) < 4.78 is 39.6. The molecule has 0 aliphatic heterocycles. The van der Waals surface area contributed by atoms with E-state index in [4.69, 9.17) is 0 Å². The standard InChI is InChI=1S/C19H26F3NO3/c20-19(21,22)15-26-18(25)14-23-17(24)13-9-4-2-1-3-6-10-16-11-7-5-8-12-16/h5,7-8,11-12H,1-4,6,9-10,13-15H2,(H,23,24). The van der Waals surface area contributed by atoms with Crippen LogP contribution in [-0.2, 0) is 20.7 Å². The van der Waals surface area contributed by atoms with E-state index in [-0.39, 0.29) is 12.3 Å². The molecule has 0 fully saturated rings. The Morgan fingerprint density at radius 2 is 1.54 bits per heavy atom. The molecular weight excluding hydrogens is 347 g/mol. The van der Waals surface area contributed by atoms with Gasteiger partial charge in [0.1, 0.15) is 6.54 Å². The highest BCUT2D eigenvalue weighted by Crippen LogP contribution is 2.14. The maximum absolute atomic E-state index is 11.9. The molecule has 0 unspecified atom stereocenters. The lowest BCUT2D eigenvalue weighted by molar-refractivity contribution is -0.185. The normalized spacial score (nSPS) is 11.2. The molecule has 0 radical (unpaired) electrons. The zero-order valence-corrected chi connectivity index (χ0v) is 14.8. The summed E-state index contributed by atoms with van der Waals surface area (Å²) in [5, 5.41) is 2.27. The van der Waals surface area contributed by atoms with E-state index in [2.05, 4.69) is 22.2 Å². The molecule has 1 aromatic carbocycles. The molecule has 1 rings (SSSR count). The van der Waals surface area contributed by atoms with Gasteiger partial charge in [-0.3, -0.25) is 9.59 Å². The Morgan fingerprint density at radius 1 is 0.923 bits per heavy atom. The first-order chi connectivity index (χ1) is 12.4. The molecule has 0 aliphatic carbocycles. The third-order valence-corrected chi connectivity index (χ3v) is 3.79. The van der Waals surface area contributed by atoms with Crippen LogP contribution in [-0.4, -0.2) is 31.2 Å². The van der Waals surface area contributed by atoms with Gasteiger partial charge >= 0.3 is 12.1 Å². The summed E-state index contributed by atoms with van der Waals surface area (Å²) in [6.07, 6.45) is 2.83. The summed E-state index contributed by atoms with van der Waals surface area (Å²) in [5.41, 5.74) is 1.35. The highest BCUT2D eigenvalue weighted by atomic mass is 19.4. The van der Waals surface area contributed by atoms with Gasteiger partial charge in [-0.05, 0) is 24.8 Å². The van der Waals surface area contributed by atoms with Crippen molar-refractivity contribution in [3.63, 3.8) is 0 Å². The number of carbonyl (C=O) groups is 2. The number of hydrogen-bond donors (Lipinski definition) is 1. The quantitative estimate of drug-likeness (QED) is 0.442. The molecular formula is C19H26F3NO3. The fourth-order valence-electron chi connectivity index (χ4n) is 2.44. The summed E-state index contributed by atoms with van der Waals surface area (Å²) in [6, 6.07) is 10.3. The first kappa shape index (κ1) is 22.0. The average molecular weight is 373 g/mol. The molecule has 0 atom stereocenters. The minimum absolute atomic E-state index is 0.260. The van der Waals surface area contributed by atoms with E-state index in [0.29, 0.717) is 6.42 Å². The van der Waals surface area contributed by atoms with Gasteiger partial charge in [0.15, 0.2) is 6.61 Å². The maximum Gasteiger partial charge on any atom is 0.422 e. The van der Waals surface area contributed by atoms with E-state index < -0.39 is 25.3 Å². The van der Waals surface area contributed by atoms with Gasteiger partial charge in [-0.15, -0.1) is 0 Å². The minimum atomic E-state index is -4.55. The Labute approximate surface area is 152 Å². The summed E-state index contributed by atoms with van der Waals surface area (Å²) in [6.45, 7) is -2.17. The molecule has 0 spiro atoms. The Bertz CT molecular complexity index is 533. The topological polar surface area (TPSA) is 55.4 Å². The summed E-state index contributed by atoms with van der Waals surface area (Å²) in [4.78, 5) is 22.5. The Kier molecular flexibility index (Phi) is 10.4. The lowest BCUT2D eigenvalue weighted by Gasteiger charge is -2.08. The molecule has 0 saturated carbocycles. The summed E-state index contributed by atoms with van der Waals surface area (Å²) >= 11 is 0. The van der Waals surface area contributed by atoms with Crippen molar-refractivity contribution in [2.75, 3.05) is 13.2 Å². The molecule has 0 heterocycles. The van der Waals surface area contributed by atoms with Gasteiger partial charge in [0.05, 0.1) is 0 Å². The van der Waals surface area contributed by atoms with Gasteiger partial charge in [-0.25, -0.2) is 0 Å². The molecule has 26 heavy (non-hydrogen) atoms. The van der Waals surface area contributed by atoms with Crippen LogP contribution in [0.1, 0.15) is 50.5 Å². The van der Waals surface area contributed by atoms with Crippen LogP contribution >= 0.6 is 0 Å². The van der Waals surface area contributed by atoms with Crippen molar-refractivity contribution < 1.29 is 27.5 Å². The smallest absolute Gasteiger partial charge is 0.422 e. The van der Waals surface area contributed by atoms with E-state index in [9.17, 15) is 22.8 Å². The van der Waals surface area contributed by atoms with Gasteiger partial charge in [-0.1, -0.05) is 56.0 Å². The number of esters is 1. The predicted molar refractivity (Wildman–Crippen MR) is 92.5 cm³/mol. The lowest BCUT2D eigenvalue weighted by Crippen LogP contribution is -2.32. The number of halogens is 3. The van der Waals surface area contributed by atoms with Crippen molar-refractivity contribution in [2.24, 2.45) is 0 Å². The van der Waals surface area contributed by atoms with E-state index in [1.807, 2.05) is 18.2 Å². The van der Waals surface area contributed by atoms with Gasteiger partial charge < -0.3 is 10.1 Å². The molecule has 0 saturated heterocycles. The molecule has 7 heteroatoms. The first-order valence-electron chi connectivity index (χ1n) is 8.90. The fraction of sp³-hybridized carbons (Fsp3) is 0.579. The summed E-state index contributed by atoms with van der Waals surface area (Å²) in [7, 11) is 0. The number of aryl methyl sites for hydroxylation is 1. The Morgan fingerprint density at radius 3 is 2.19 bits per heavy atom. The van der Waals surface area contributed by atoms with Crippen LogP contribution in [0.25, 0.3) is 0 Å². The average Bonchev–Trinajstić information content (AvgIpc) is 2.60. The van der Waals surface area contributed by atoms with Crippen molar-refractivity contribution in [1.82, 2.24) is 5.32 Å². The van der Waals surface area contributed by atoms with Crippen molar-refractivity contribution >= 4 is 11.9 Å². The largest absolute Gasteiger partial charge is 0.455 e. The number of rotatable bonds is 12. The number of carbonyl (C=O) groups excluding carboxylic acids is 2. The molecule has 146 valence electrons. The van der Waals surface area contributed by atoms with Crippen molar-refractivity contribution in [3.8, 4) is 0 Å². The molecule has 4 nitrogen and oxygen atoms in total. The third-order valence-electron chi connectivity index (χ3n) is 3.79. The second-order valence-electron chi connectivity index (χ2n) is 6.16. The molecule has 0 aliphatic rings. The van der Waals surface area contributed by atoms with Crippen LogP contribution in [0.4, 0.5) is 13.2 Å². The summed E-state index contributed by atoms with van der Waals surface area (Å²) in [5.74, 6) is -1.44. The van der Waals surface area contributed by atoms with Crippen LogP contribution in [0, 0.1) is 0 Å². The van der Waals surface area contributed by atoms with Gasteiger partial charge in [0.25, 0.3) is 0 Å². The third kappa shape index (κ3) is 12.3. The van der Waals surface area contributed by atoms with Crippen LogP contribution in [0.15, 0.2) is 30.3 Å². The van der Waals surface area contributed by atoms with E-state index >= 15 is 0 Å². The second kappa shape index (κ2) is 12.3. The number of unbranched alkanes of at least 4 members (excludes halogenated alkanes) is 5. The van der Waals surface area contributed by atoms with Gasteiger partial charge in [0.2, 0.25) is 5.91 Å². The minimum Gasteiger partial charge on any atom is -0.455 e. The zero-order chi connectivity index (χ0) is 19.3. The maximum atomic E-state index is 11.9. The van der Waals surface area contributed by atoms with Gasteiger partial charge in [-0.2, -0.15) is 13.2 Å². The van der Waals surface area contributed by atoms with Gasteiger partial charge in [0, 0.05) is 6.42 Å². The Balaban J connectivity index is 1.92. The second-order valence-corrected chi connectivity index (χ2v) is 6.16. The van der Waals surface area contributed by atoms with Crippen molar-refractivity contribution in [1.29, 1.82) is 0 Å². The zero-order valence-electron chi connectivity index (χ0n) is 14.8.